The minimum absolute atomic E-state index is 0.784. The van der Waals surface area contributed by atoms with Gasteiger partial charge >= 0.3 is 0 Å². The number of aryl methyl sites for hydroxylation is 1. The van der Waals surface area contributed by atoms with E-state index >= 15 is 0 Å². The summed E-state index contributed by atoms with van der Waals surface area (Å²) in [5, 5.41) is 0. The molecule has 1 aromatic heterocycles. The van der Waals surface area contributed by atoms with Gasteiger partial charge in [-0.25, -0.2) is 9.97 Å². The number of nitrogens with zero attached hydrogens (tertiary/aromatic N) is 2. The molecule has 0 saturated carbocycles. The van der Waals surface area contributed by atoms with E-state index in [1.807, 2.05) is 13.8 Å². The van der Waals surface area contributed by atoms with Gasteiger partial charge in [0, 0.05) is 18.8 Å². The summed E-state index contributed by atoms with van der Waals surface area (Å²) in [6.07, 6.45) is 4.35. The normalized spacial score (nSPS) is 8.55. The minimum Gasteiger partial charge on any atom is -0.240 e. The predicted molar refractivity (Wildman–Crippen MR) is 43.9 cm³/mol. The van der Waals surface area contributed by atoms with Gasteiger partial charge in [0.05, 0.1) is 5.56 Å². The smallest absolute Gasteiger partial charge is 0.125 e. The van der Waals surface area contributed by atoms with Crippen molar-refractivity contribution in [1.82, 2.24) is 9.97 Å². The monoisotopic (exact) mass is 146 g/mol. The third-order valence-electron chi connectivity index (χ3n) is 1.19. The Labute approximate surface area is 66.7 Å². The molecule has 0 spiro atoms. The molecule has 0 fully saturated rings. The third-order valence-corrected chi connectivity index (χ3v) is 1.19. The zero-order valence-electron chi connectivity index (χ0n) is 6.76. The Hall–Kier alpha value is -1.36. The van der Waals surface area contributed by atoms with Crippen LogP contribution >= 0.6 is 0 Å². The highest BCUT2D eigenvalue weighted by molar-refractivity contribution is 5.29. The van der Waals surface area contributed by atoms with Crippen LogP contribution in [-0.4, -0.2) is 9.97 Å². The van der Waals surface area contributed by atoms with Gasteiger partial charge in [-0.15, -0.1) is 0 Å². The molecule has 0 saturated heterocycles. The maximum atomic E-state index is 4.02. The number of aromatic nitrogens is 2. The lowest BCUT2D eigenvalue weighted by molar-refractivity contribution is 1.05. The molecular weight excluding hydrogens is 136 g/mol. The summed E-state index contributed by atoms with van der Waals surface area (Å²) >= 11 is 0. The van der Waals surface area contributed by atoms with Gasteiger partial charge in [-0.2, -0.15) is 0 Å². The molecule has 11 heavy (non-hydrogen) atoms. The van der Waals surface area contributed by atoms with E-state index in [0.29, 0.717) is 0 Å². The third kappa shape index (κ3) is 2.38. The Morgan fingerprint density at radius 2 is 2.00 bits per heavy atom. The highest BCUT2D eigenvalue weighted by atomic mass is 14.8. The first-order valence-electron chi connectivity index (χ1n) is 3.60. The van der Waals surface area contributed by atoms with Gasteiger partial charge in [0.15, 0.2) is 0 Å². The molecule has 0 aliphatic heterocycles. The SMILES string of the molecule is CCC#Cc1cnc(C)nc1. The molecule has 0 aliphatic carbocycles. The van der Waals surface area contributed by atoms with Crippen molar-refractivity contribution in [1.29, 1.82) is 0 Å². The van der Waals surface area contributed by atoms with E-state index in [0.717, 1.165) is 17.8 Å². The fourth-order valence-electron chi connectivity index (χ4n) is 0.648. The molecule has 0 unspecified atom stereocenters. The van der Waals surface area contributed by atoms with Gasteiger partial charge in [0.1, 0.15) is 5.82 Å². The Kier molecular flexibility index (Phi) is 2.62. The van der Waals surface area contributed by atoms with Crippen LogP contribution in [0.2, 0.25) is 0 Å². The molecule has 0 N–H and O–H groups in total. The summed E-state index contributed by atoms with van der Waals surface area (Å²) in [5.74, 6) is 6.68. The molecule has 0 aliphatic rings. The highest BCUT2D eigenvalue weighted by Crippen LogP contribution is 1.91. The van der Waals surface area contributed by atoms with E-state index in [2.05, 4.69) is 21.8 Å². The van der Waals surface area contributed by atoms with Crippen molar-refractivity contribution in [3.63, 3.8) is 0 Å². The van der Waals surface area contributed by atoms with Crippen molar-refractivity contribution in [3.05, 3.63) is 23.8 Å². The first-order chi connectivity index (χ1) is 5.33. The van der Waals surface area contributed by atoms with Gasteiger partial charge < -0.3 is 0 Å². The van der Waals surface area contributed by atoms with E-state index in [1.165, 1.54) is 0 Å². The molecule has 2 heteroatoms. The first-order valence-corrected chi connectivity index (χ1v) is 3.60. The van der Waals surface area contributed by atoms with Crippen LogP contribution in [0.15, 0.2) is 12.4 Å². The highest BCUT2D eigenvalue weighted by Gasteiger charge is 1.86. The van der Waals surface area contributed by atoms with Crippen molar-refractivity contribution < 1.29 is 0 Å². The van der Waals surface area contributed by atoms with Crippen LogP contribution in [-0.2, 0) is 0 Å². The largest absolute Gasteiger partial charge is 0.240 e. The maximum Gasteiger partial charge on any atom is 0.125 e. The summed E-state index contributed by atoms with van der Waals surface area (Å²) in [5.41, 5.74) is 0.887. The van der Waals surface area contributed by atoms with Crippen LogP contribution in [0.5, 0.6) is 0 Å². The molecule has 56 valence electrons. The summed E-state index contributed by atoms with van der Waals surface area (Å²) in [6.45, 7) is 3.87. The fraction of sp³-hybridized carbons (Fsp3) is 0.333. The predicted octanol–water partition coefficient (Wildman–Crippen LogP) is 1.55. The van der Waals surface area contributed by atoms with E-state index in [4.69, 9.17) is 0 Å². The lowest BCUT2D eigenvalue weighted by Crippen LogP contribution is -1.86. The van der Waals surface area contributed by atoms with Crippen molar-refractivity contribution in [2.45, 2.75) is 20.3 Å². The Morgan fingerprint density at radius 1 is 1.36 bits per heavy atom. The molecule has 1 heterocycles. The summed E-state index contributed by atoms with van der Waals surface area (Å²) in [4.78, 5) is 8.04. The number of rotatable bonds is 0. The second-order valence-corrected chi connectivity index (χ2v) is 2.17. The standard InChI is InChI=1S/C9H10N2/c1-3-4-5-9-6-10-8(2)11-7-9/h6-7H,3H2,1-2H3. The average molecular weight is 146 g/mol. The van der Waals surface area contributed by atoms with Crippen molar-refractivity contribution >= 4 is 0 Å². The molecule has 0 aromatic carbocycles. The molecule has 0 atom stereocenters. The molecule has 0 amide bonds. The van der Waals surface area contributed by atoms with E-state index in [-0.39, 0.29) is 0 Å². The van der Waals surface area contributed by atoms with E-state index in [1.54, 1.807) is 12.4 Å². The molecule has 0 bridgehead atoms. The lowest BCUT2D eigenvalue weighted by Gasteiger charge is -1.89. The van der Waals surface area contributed by atoms with Crippen LogP contribution in [0, 0.1) is 18.8 Å². The van der Waals surface area contributed by atoms with Gasteiger partial charge in [-0.3, -0.25) is 0 Å². The van der Waals surface area contributed by atoms with Crippen molar-refractivity contribution in [2.24, 2.45) is 0 Å². The van der Waals surface area contributed by atoms with Crippen molar-refractivity contribution in [3.8, 4) is 11.8 Å². The lowest BCUT2D eigenvalue weighted by atomic mass is 10.3. The molecule has 1 aromatic rings. The Balaban J connectivity index is 2.82. The van der Waals surface area contributed by atoms with Crippen molar-refractivity contribution in [2.75, 3.05) is 0 Å². The molecule has 2 nitrogen and oxygen atoms in total. The quantitative estimate of drug-likeness (QED) is 0.519. The average Bonchev–Trinajstić information content (AvgIpc) is 2.04. The molecular formula is C9H10N2. The zero-order chi connectivity index (χ0) is 8.10. The summed E-state index contributed by atoms with van der Waals surface area (Å²) in [7, 11) is 0. The topological polar surface area (TPSA) is 25.8 Å². The van der Waals surface area contributed by atoms with Gasteiger partial charge in [-0.1, -0.05) is 18.8 Å². The minimum atomic E-state index is 0.784. The molecule has 1 rings (SSSR count). The summed E-state index contributed by atoms with van der Waals surface area (Å²) in [6, 6.07) is 0. The van der Waals surface area contributed by atoms with Crippen LogP contribution in [0.3, 0.4) is 0 Å². The van der Waals surface area contributed by atoms with E-state index in [9.17, 15) is 0 Å². The fourth-order valence-corrected chi connectivity index (χ4v) is 0.648. The Bertz CT molecular complexity index is 277. The maximum absolute atomic E-state index is 4.02. The number of hydrogen-bond donors (Lipinski definition) is 0. The van der Waals surface area contributed by atoms with Gasteiger partial charge in [0.2, 0.25) is 0 Å². The number of hydrogen-bond acceptors (Lipinski definition) is 2. The summed E-state index contributed by atoms with van der Waals surface area (Å²) < 4.78 is 0. The second kappa shape index (κ2) is 3.72. The van der Waals surface area contributed by atoms with E-state index < -0.39 is 0 Å². The zero-order valence-corrected chi connectivity index (χ0v) is 6.76. The van der Waals surface area contributed by atoms with Crippen LogP contribution < -0.4 is 0 Å². The molecule has 0 radical (unpaired) electrons. The Morgan fingerprint density at radius 3 is 2.55 bits per heavy atom. The van der Waals surface area contributed by atoms with Crippen LogP contribution in [0.25, 0.3) is 0 Å². The van der Waals surface area contributed by atoms with Crippen LogP contribution in [0.4, 0.5) is 0 Å². The van der Waals surface area contributed by atoms with Crippen LogP contribution in [0.1, 0.15) is 24.7 Å². The second-order valence-electron chi connectivity index (χ2n) is 2.17. The first kappa shape index (κ1) is 7.74. The van der Waals surface area contributed by atoms with Gasteiger partial charge in [0.25, 0.3) is 0 Å². The van der Waals surface area contributed by atoms with Gasteiger partial charge in [-0.05, 0) is 6.92 Å².